The summed E-state index contributed by atoms with van der Waals surface area (Å²) in [4.78, 5) is 0. The Morgan fingerprint density at radius 1 is 1.86 bits per heavy atom. The molecular formula is C3H9NO2S. The highest BCUT2D eigenvalue weighted by Gasteiger charge is 1.86. The minimum Gasteiger partial charge on any atom is -0.319 e. The van der Waals surface area contributed by atoms with Crippen LogP contribution in [-0.2, 0) is 11.1 Å². The van der Waals surface area contributed by atoms with E-state index in [0.717, 1.165) is 0 Å². The molecule has 0 aromatic carbocycles. The number of hydrogen-bond acceptors (Lipinski definition) is 2. The fourth-order valence-electron chi connectivity index (χ4n) is 0.189. The van der Waals surface area contributed by atoms with Gasteiger partial charge in [0.05, 0.1) is 5.75 Å². The molecule has 0 aliphatic carbocycles. The maximum absolute atomic E-state index is 9.83. The zero-order valence-electron chi connectivity index (χ0n) is 4.18. The van der Waals surface area contributed by atoms with Crippen LogP contribution in [0.1, 0.15) is 0 Å². The molecular weight excluding hydrogens is 114 g/mol. The highest BCUT2D eigenvalue weighted by Crippen LogP contribution is 1.67. The van der Waals surface area contributed by atoms with E-state index in [1.165, 1.54) is 0 Å². The summed E-state index contributed by atoms with van der Waals surface area (Å²) in [5, 5.41) is 2.75. The van der Waals surface area contributed by atoms with Crippen LogP contribution in [0.2, 0.25) is 0 Å². The van der Waals surface area contributed by atoms with E-state index in [4.69, 9.17) is 4.55 Å². The van der Waals surface area contributed by atoms with E-state index < -0.39 is 11.1 Å². The predicted octanol–water partition coefficient (Wildman–Crippen LogP) is -0.573. The number of rotatable bonds is 3. The maximum Gasteiger partial charge on any atom is 0.154 e. The first-order chi connectivity index (χ1) is 3.27. The molecule has 0 aliphatic rings. The normalized spacial score (nSPS) is 14.0. The Labute approximate surface area is 45.4 Å². The summed E-state index contributed by atoms with van der Waals surface area (Å²) in [7, 11) is 1.74. The van der Waals surface area contributed by atoms with Crippen molar-refractivity contribution >= 4 is 11.1 Å². The van der Waals surface area contributed by atoms with E-state index in [9.17, 15) is 4.21 Å². The van der Waals surface area contributed by atoms with Gasteiger partial charge < -0.3 is 9.87 Å². The van der Waals surface area contributed by atoms with E-state index in [2.05, 4.69) is 5.32 Å². The summed E-state index contributed by atoms with van der Waals surface area (Å²) in [6.07, 6.45) is 0. The molecule has 0 amide bonds. The molecule has 1 unspecified atom stereocenters. The summed E-state index contributed by atoms with van der Waals surface area (Å²) >= 11 is -1.63. The van der Waals surface area contributed by atoms with Crippen LogP contribution in [0.3, 0.4) is 0 Å². The molecule has 0 fully saturated rings. The Kier molecular flexibility index (Phi) is 4.28. The molecule has 0 saturated carbocycles. The summed E-state index contributed by atoms with van der Waals surface area (Å²) in [5.41, 5.74) is 0. The third kappa shape index (κ3) is 6.07. The monoisotopic (exact) mass is 123 g/mol. The minimum absolute atomic E-state index is 0.316. The van der Waals surface area contributed by atoms with Crippen LogP contribution in [0.15, 0.2) is 0 Å². The maximum atomic E-state index is 9.83. The van der Waals surface area contributed by atoms with Crippen molar-refractivity contribution in [3.63, 3.8) is 0 Å². The van der Waals surface area contributed by atoms with E-state index in [1.807, 2.05) is 0 Å². The topological polar surface area (TPSA) is 49.3 Å². The molecule has 3 nitrogen and oxygen atoms in total. The minimum atomic E-state index is -1.63. The molecule has 0 spiro atoms. The van der Waals surface area contributed by atoms with Crippen molar-refractivity contribution in [2.24, 2.45) is 0 Å². The van der Waals surface area contributed by atoms with Crippen LogP contribution < -0.4 is 5.32 Å². The molecule has 0 aromatic heterocycles. The van der Waals surface area contributed by atoms with Crippen LogP contribution >= 0.6 is 0 Å². The first-order valence-corrected chi connectivity index (χ1v) is 3.27. The van der Waals surface area contributed by atoms with Crippen molar-refractivity contribution in [2.45, 2.75) is 0 Å². The van der Waals surface area contributed by atoms with Gasteiger partial charge in [-0.3, -0.25) is 0 Å². The van der Waals surface area contributed by atoms with Gasteiger partial charge in [0, 0.05) is 6.54 Å². The van der Waals surface area contributed by atoms with Gasteiger partial charge in [0.1, 0.15) is 0 Å². The summed E-state index contributed by atoms with van der Waals surface area (Å²) in [6, 6.07) is 0. The largest absolute Gasteiger partial charge is 0.319 e. The molecule has 2 N–H and O–H groups in total. The third-order valence-electron chi connectivity index (χ3n) is 0.527. The predicted molar refractivity (Wildman–Crippen MR) is 29.6 cm³/mol. The number of nitrogens with one attached hydrogen (secondary N) is 1. The average Bonchev–Trinajstić information content (AvgIpc) is 1.61. The lowest BCUT2D eigenvalue weighted by Gasteiger charge is -1.89. The smallest absolute Gasteiger partial charge is 0.154 e. The standard InChI is InChI=1S/C3H9NO2S/c1-4-2-3-7(5)6/h4H,2-3H2,1H3,(H,5,6). The van der Waals surface area contributed by atoms with E-state index in [-0.39, 0.29) is 0 Å². The number of hydrogen-bond donors (Lipinski definition) is 2. The van der Waals surface area contributed by atoms with E-state index in [1.54, 1.807) is 7.05 Å². The second kappa shape index (κ2) is 4.23. The zero-order valence-corrected chi connectivity index (χ0v) is 4.99. The van der Waals surface area contributed by atoms with Gasteiger partial charge >= 0.3 is 0 Å². The summed E-state index contributed by atoms with van der Waals surface area (Å²) < 4.78 is 17.9. The molecule has 0 heterocycles. The lowest BCUT2D eigenvalue weighted by atomic mass is 10.8. The van der Waals surface area contributed by atoms with Crippen molar-refractivity contribution < 1.29 is 8.76 Å². The van der Waals surface area contributed by atoms with Gasteiger partial charge in [-0.1, -0.05) is 0 Å². The molecule has 0 rings (SSSR count). The van der Waals surface area contributed by atoms with Crippen molar-refractivity contribution in [3.8, 4) is 0 Å². The van der Waals surface area contributed by atoms with Crippen molar-refractivity contribution in [1.29, 1.82) is 0 Å². The Bertz CT molecular complexity index is 66.0. The lowest BCUT2D eigenvalue weighted by Crippen LogP contribution is -2.14. The van der Waals surface area contributed by atoms with E-state index >= 15 is 0 Å². The van der Waals surface area contributed by atoms with Crippen LogP contribution in [0.4, 0.5) is 0 Å². The summed E-state index contributed by atoms with van der Waals surface area (Å²) in [6.45, 7) is 0.600. The molecule has 0 aromatic rings. The molecule has 0 radical (unpaired) electrons. The molecule has 1 atom stereocenters. The van der Waals surface area contributed by atoms with Crippen LogP contribution in [0.25, 0.3) is 0 Å². The second-order valence-corrected chi connectivity index (χ2v) is 2.18. The van der Waals surface area contributed by atoms with Gasteiger partial charge in [-0.25, -0.2) is 4.21 Å². The molecule has 7 heavy (non-hydrogen) atoms. The molecule has 4 heteroatoms. The molecule has 0 bridgehead atoms. The van der Waals surface area contributed by atoms with Gasteiger partial charge in [-0.05, 0) is 7.05 Å². The van der Waals surface area contributed by atoms with Gasteiger partial charge in [0.25, 0.3) is 0 Å². The van der Waals surface area contributed by atoms with Crippen molar-refractivity contribution in [1.82, 2.24) is 5.32 Å². The first kappa shape index (κ1) is 7.07. The first-order valence-electron chi connectivity index (χ1n) is 1.99. The van der Waals surface area contributed by atoms with Crippen LogP contribution in [-0.4, -0.2) is 28.1 Å². The molecule has 0 aliphatic heterocycles. The summed E-state index contributed by atoms with van der Waals surface area (Å²) in [5.74, 6) is 0.316. The van der Waals surface area contributed by atoms with Crippen LogP contribution in [0, 0.1) is 0 Å². The van der Waals surface area contributed by atoms with Crippen molar-refractivity contribution in [2.75, 3.05) is 19.3 Å². The second-order valence-electron chi connectivity index (χ2n) is 1.13. The van der Waals surface area contributed by atoms with Gasteiger partial charge in [0.15, 0.2) is 11.1 Å². The Hall–Kier alpha value is 0.0700. The fraction of sp³-hybridized carbons (Fsp3) is 1.00. The molecule has 0 saturated heterocycles. The quantitative estimate of drug-likeness (QED) is 0.494. The fourth-order valence-corrected chi connectivity index (χ4v) is 0.568. The zero-order chi connectivity index (χ0) is 5.70. The third-order valence-corrected chi connectivity index (χ3v) is 1.08. The Balaban J connectivity index is 2.82. The average molecular weight is 123 g/mol. The van der Waals surface area contributed by atoms with Gasteiger partial charge in [0.2, 0.25) is 0 Å². The highest BCUT2D eigenvalue weighted by atomic mass is 32.2. The van der Waals surface area contributed by atoms with Crippen LogP contribution in [0.5, 0.6) is 0 Å². The Morgan fingerprint density at radius 3 is 2.57 bits per heavy atom. The Morgan fingerprint density at radius 2 is 2.43 bits per heavy atom. The SMILES string of the molecule is CNCCS(=O)O. The highest BCUT2D eigenvalue weighted by molar-refractivity contribution is 7.79. The van der Waals surface area contributed by atoms with E-state index in [0.29, 0.717) is 12.3 Å². The lowest BCUT2D eigenvalue weighted by molar-refractivity contribution is 0.562. The van der Waals surface area contributed by atoms with Gasteiger partial charge in [-0.2, -0.15) is 0 Å². The van der Waals surface area contributed by atoms with Gasteiger partial charge in [-0.15, -0.1) is 0 Å². The van der Waals surface area contributed by atoms with Crippen molar-refractivity contribution in [3.05, 3.63) is 0 Å². The molecule has 44 valence electrons.